The standard InChI is InChI=1S/C13H15BrN4O2/c1-2-3-11(8-12(19)20)18-13(15-16-17-18)9-4-6-10(14)7-5-9/h4-7,11H,2-3,8H2,1H3,(H,19,20). The normalized spacial score (nSPS) is 12.3. The number of benzene rings is 1. The Kier molecular flexibility index (Phi) is 4.84. The largest absolute Gasteiger partial charge is 0.481 e. The average Bonchev–Trinajstić information content (AvgIpc) is 2.88. The van der Waals surface area contributed by atoms with Crippen LogP contribution in [0.15, 0.2) is 28.7 Å². The molecule has 1 N–H and O–H groups in total. The van der Waals surface area contributed by atoms with Gasteiger partial charge in [-0.3, -0.25) is 4.79 Å². The summed E-state index contributed by atoms with van der Waals surface area (Å²) in [5, 5.41) is 20.7. The first-order chi connectivity index (χ1) is 9.61. The zero-order chi connectivity index (χ0) is 14.5. The molecule has 0 amide bonds. The summed E-state index contributed by atoms with van der Waals surface area (Å²) in [5.41, 5.74) is 0.865. The highest BCUT2D eigenvalue weighted by Crippen LogP contribution is 2.25. The quantitative estimate of drug-likeness (QED) is 0.875. The lowest BCUT2D eigenvalue weighted by atomic mass is 10.1. The summed E-state index contributed by atoms with van der Waals surface area (Å²) in [6, 6.07) is 7.37. The molecule has 0 radical (unpaired) electrons. The molecule has 2 rings (SSSR count). The van der Waals surface area contributed by atoms with Gasteiger partial charge in [-0.1, -0.05) is 41.4 Å². The molecule has 1 unspecified atom stereocenters. The smallest absolute Gasteiger partial charge is 0.305 e. The van der Waals surface area contributed by atoms with Crippen molar-refractivity contribution in [2.75, 3.05) is 0 Å². The Hall–Kier alpha value is -1.76. The van der Waals surface area contributed by atoms with E-state index in [9.17, 15) is 4.79 Å². The third-order valence-corrected chi connectivity index (χ3v) is 3.50. The van der Waals surface area contributed by atoms with E-state index >= 15 is 0 Å². The average molecular weight is 339 g/mol. The van der Waals surface area contributed by atoms with Gasteiger partial charge in [-0.05, 0) is 29.0 Å². The maximum absolute atomic E-state index is 11.0. The minimum absolute atomic E-state index is 0.0163. The lowest BCUT2D eigenvalue weighted by molar-refractivity contribution is -0.138. The van der Waals surface area contributed by atoms with E-state index in [4.69, 9.17) is 5.11 Å². The Labute approximate surface area is 124 Å². The number of aromatic nitrogens is 4. The van der Waals surface area contributed by atoms with E-state index in [1.807, 2.05) is 31.2 Å². The van der Waals surface area contributed by atoms with Crippen molar-refractivity contribution in [2.24, 2.45) is 0 Å². The van der Waals surface area contributed by atoms with E-state index in [1.54, 1.807) is 4.68 Å². The van der Waals surface area contributed by atoms with E-state index in [1.165, 1.54) is 0 Å². The van der Waals surface area contributed by atoms with Crippen molar-refractivity contribution in [2.45, 2.75) is 32.2 Å². The van der Waals surface area contributed by atoms with Crippen molar-refractivity contribution in [3.8, 4) is 11.4 Å². The third-order valence-electron chi connectivity index (χ3n) is 2.97. The van der Waals surface area contributed by atoms with E-state index in [2.05, 4.69) is 31.5 Å². The Morgan fingerprint density at radius 1 is 1.40 bits per heavy atom. The molecule has 1 aromatic carbocycles. The van der Waals surface area contributed by atoms with Crippen LogP contribution in [0.1, 0.15) is 32.2 Å². The van der Waals surface area contributed by atoms with Crippen LogP contribution in [0.4, 0.5) is 0 Å². The van der Waals surface area contributed by atoms with Crippen LogP contribution < -0.4 is 0 Å². The Balaban J connectivity index is 2.34. The summed E-state index contributed by atoms with van der Waals surface area (Å²) in [6.45, 7) is 2.01. The maximum atomic E-state index is 11.0. The molecule has 0 bridgehead atoms. The fourth-order valence-electron chi connectivity index (χ4n) is 2.07. The summed E-state index contributed by atoms with van der Waals surface area (Å²) in [6.07, 6.45) is 1.61. The van der Waals surface area contributed by atoms with Crippen LogP contribution in [-0.4, -0.2) is 31.3 Å². The molecule has 0 saturated heterocycles. The molecule has 0 aliphatic rings. The van der Waals surface area contributed by atoms with Crippen LogP contribution in [0.25, 0.3) is 11.4 Å². The highest BCUT2D eigenvalue weighted by molar-refractivity contribution is 9.10. The first-order valence-corrected chi connectivity index (χ1v) is 7.16. The van der Waals surface area contributed by atoms with Crippen LogP contribution in [0.3, 0.4) is 0 Å². The lowest BCUT2D eigenvalue weighted by Gasteiger charge is -2.15. The van der Waals surface area contributed by atoms with Crippen LogP contribution in [0, 0.1) is 0 Å². The first kappa shape index (κ1) is 14.6. The minimum atomic E-state index is -0.847. The molecule has 0 aliphatic heterocycles. The van der Waals surface area contributed by atoms with Gasteiger partial charge in [-0.25, -0.2) is 4.68 Å². The SMILES string of the molecule is CCCC(CC(=O)O)n1nnnc1-c1ccc(Br)cc1. The summed E-state index contributed by atoms with van der Waals surface area (Å²) >= 11 is 3.38. The molecule has 106 valence electrons. The van der Waals surface area contributed by atoms with E-state index in [0.717, 1.165) is 22.9 Å². The zero-order valence-corrected chi connectivity index (χ0v) is 12.6. The molecule has 2 aromatic rings. The van der Waals surface area contributed by atoms with E-state index < -0.39 is 5.97 Å². The number of carboxylic acids is 1. The van der Waals surface area contributed by atoms with Crippen molar-refractivity contribution >= 4 is 21.9 Å². The van der Waals surface area contributed by atoms with Gasteiger partial charge >= 0.3 is 5.97 Å². The molecule has 0 aliphatic carbocycles. The second-order valence-electron chi connectivity index (χ2n) is 4.49. The molecule has 1 heterocycles. The van der Waals surface area contributed by atoms with E-state index in [0.29, 0.717) is 5.82 Å². The van der Waals surface area contributed by atoms with Crippen molar-refractivity contribution in [1.29, 1.82) is 0 Å². The lowest BCUT2D eigenvalue weighted by Crippen LogP contribution is -2.16. The Morgan fingerprint density at radius 3 is 2.70 bits per heavy atom. The summed E-state index contributed by atoms with van der Waals surface area (Å²) in [7, 11) is 0. The molecule has 0 spiro atoms. The van der Waals surface area contributed by atoms with Crippen LogP contribution >= 0.6 is 15.9 Å². The fraction of sp³-hybridized carbons (Fsp3) is 0.385. The van der Waals surface area contributed by atoms with E-state index in [-0.39, 0.29) is 12.5 Å². The molecule has 6 nitrogen and oxygen atoms in total. The van der Waals surface area contributed by atoms with Gasteiger partial charge in [0.15, 0.2) is 5.82 Å². The maximum Gasteiger partial charge on any atom is 0.305 e. The molecule has 1 atom stereocenters. The predicted molar refractivity (Wildman–Crippen MR) is 77.2 cm³/mol. The van der Waals surface area contributed by atoms with Gasteiger partial charge in [-0.2, -0.15) is 0 Å². The van der Waals surface area contributed by atoms with Gasteiger partial charge in [0.1, 0.15) is 0 Å². The number of hydrogen-bond donors (Lipinski definition) is 1. The summed E-state index contributed by atoms with van der Waals surface area (Å²) < 4.78 is 2.58. The molecule has 0 saturated carbocycles. The second kappa shape index (κ2) is 6.60. The summed E-state index contributed by atoms with van der Waals surface area (Å²) in [4.78, 5) is 11.0. The number of nitrogens with zero attached hydrogens (tertiary/aromatic N) is 4. The number of carbonyl (C=O) groups is 1. The molecule has 1 aromatic heterocycles. The van der Waals surface area contributed by atoms with Crippen molar-refractivity contribution < 1.29 is 9.90 Å². The fourth-order valence-corrected chi connectivity index (χ4v) is 2.34. The van der Waals surface area contributed by atoms with Crippen LogP contribution in [0.5, 0.6) is 0 Å². The summed E-state index contributed by atoms with van der Waals surface area (Å²) in [5.74, 6) is -0.252. The number of hydrogen-bond acceptors (Lipinski definition) is 4. The number of tetrazole rings is 1. The Bertz CT molecular complexity index is 582. The number of halogens is 1. The minimum Gasteiger partial charge on any atom is -0.481 e. The number of aliphatic carboxylic acids is 1. The first-order valence-electron chi connectivity index (χ1n) is 6.37. The molecular formula is C13H15BrN4O2. The topological polar surface area (TPSA) is 80.9 Å². The molecular weight excluding hydrogens is 324 g/mol. The zero-order valence-electron chi connectivity index (χ0n) is 11.0. The Morgan fingerprint density at radius 2 is 2.10 bits per heavy atom. The van der Waals surface area contributed by atoms with Crippen LogP contribution in [-0.2, 0) is 4.79 Å². The number of rotatable bonds is 6. The van der Waals surface area contributed by atoms with Gasteiger partial charge in [0.25, 0.3) is 0 Å². The van der Waals surface area contributed by atoms with Crippen LogP contribution in [0.2, 0.25) is 0 Å². The molecule has 0 fully saturated rings. The number of carboxylic acid groups (broad SMARTS) is 1. The predicted octanol–water partition coefficient (Wildman–Crippen LogP) is 2.92. The van der Waals surface area contributed by atoms with Gasteiger partial charge in [0, 0.05) is 10.0 Å². The monoisotopic (exact) mass is 338 g/mol. The van der Waals surface area contributed by atoms with Gasteiger partial charge in [0.2, 0.25) is 0 Å². The molecule has 20 heavy (non-hydrogen) atoms. The highest BCUT2D eigenvalue weighted by Gasteiger charge is 2.20. The van der Waals surface area contributed by atoms with Gasteiger partial charge in [0.05, 0.1) is 12.5 Å². The molecule has 7 heteroatoms. The second-order valence-corrected chi connectivity index (χ2v) is 5.41. The van der Waals surface area contributed by atoms with Crippen molar-refractivity contribution in [3.05, 3.63) is 28.7 Å². The third kappa shape index (κ3) is 3.41. The van der Waals surface area contributed by atoms with Crippen molar-refractivity contribution in [1.82, 2.24) is 20.2 Å². The van der Waals surface area contributed by atoms with Gasteiger partial charge < -0.3 is 5.11 Å². The van der Waals surface area contributed by atoms with Crippen molar-refractivity contribution in [3.63, 3.8) is 0 Å². The van der Waals surface area contributed by atoms with Gasteiger partial charge in [-0.15, -0.1) is 5.10 Å². The highest BCUT2D eigenvalue weighted by atomic mass is 79.9.